The molecule has 302 valence electrons. The first kappa shape index (κ1) is 41.4. The highest BCUT2D eigenvalue weighted by atomic mass is 32.2. The van der Waals surface area contributed by atoms with E-state index in [1.54, 1.807) is 6.07 Å². The van der Waals surface area contributed by atoms with E-state index in [2.05, 4.69) is 45.0 Å². The Bertz CT molecular complexity index is 2320. The standard InChI is InChI=1S/C46H48F3N3O4SSi/c1-44(2,3)57(54)52-29-34-27-37(43(53)50-30-46(47,48)49)51-42(33-18-15-17-31(26-33)40-28-32-16-13-14-23-39(32)56-40)41(34)38(52)24-25-55-58(45(4,5)6,35-19-9-7-10-20-35)36-21-11-8-12-22-36/h7-23,26-28,38H,24-25,29-30H2,1-6H3,(H,50,53)/t38-,57?/m1/s1. The molecule has 1 N–H and O–H groups in total. The SMILES string of the molecule is CC(C)(C)[S+]([O-])N1Cc2cc(C(=O)NCC(F)(F)F)nc(-c3cccc(-c4cc5ccccc5o4)c3)c2[C@H]1CCO[Si](c1ccccc1)(c1ccccc1)C(C)(C)C. The van der Waals surface area contributed by atoms with Crippen molar-refractivity contribution in [3.63, 3.8) is 0 Å². The van der Waals surface area contributed by atoms with Crippen LogP contribution in [0.4, 0.5) is 13.2 Å². The third-order valence-electron chi connectivity index (χ3n) is 10.5. The highest BCUT2D eigenvalue weighted by Crippen LogP contribution is 2.46. The number of carbonyl (C=O) groups is 1. The number of hydrogen-bond acceptors (Lipinski definition) is 6. The second-order valence-electron chi connectivity index (χ2n) is 16.7. The van der Waals surface area contributed by atoms with Crippen LogP contribution in [-0.2, 0) is 22.3 Å². The molecule has 0 fully saturated rings. The van der Waals surface area contributed by atoms with Gasteiger partial charge in [0.05, 0.1) is 18.3 Å². The molecule has 7 rings (SSSR count). The molecule has 0 spiro atoms. The molecule has 1 aliphatic heterocycles. The Balaban J connectivity index is 1.35. The van der Waals surface area contributed by atoms with E-state index in [0.29, 0.717) is 35.6 Å². The molecular weight excluding hydrogens is 776 g/mol. The fourth-order valence-electron chi connectivity index (χ4n) is 7.98. The molecule has 0 saturated carbocycles. The lowest BCUT2D eigenvalue weighted by molar-refractivity contribution is -0.123. The van der Waals surface area contributed by atoms with E-state index >= 15 is 0 Å². The lowest BCUT2D eigenvalue weighted by Gasteiger charge is -2.43. The van der Waals surface area contributed by atoms with Gasteiger partial charge in [-0.3, -0.25) is 4.79 Å². The van der Waals surface area contributed by atoms with Gasteiger partial charge in [-0.15, -0.1) is 4.31 Å². The van der Waals surface area contributed by atoms with E-state index in [9.17, 15) is 22.5 Å². The third kappa shape index (κ3) is 8.39. The fraction of sp³-hybridized carbons (Fsp3) is 0.304. The van der Waals surface area contributed by atoms with Gasteiger partial charge in [0.25, 0.3) is 14.2 Å². The van der Waals surface area contributed by atoms with Crippen LogP contribution in [0, 0.1) is 0 Å². The Hall–Kier alpha value is -4.72. The van der Waals surface area contributed by atoms with Crippen LogP contribution in [0.1, 0.15) is 75.6 Å². The first-order valence-corrected chi connectivity index (χ1v) is 22.4. The van der Waals surface area contributed by atoms with Crippen molar-refractivity contribution in [1.29, 1.82) is 0 Å². The summed E-state index contributed by atoms with van der Waals surface area (Å²) in [7, 11) is -2.95. The van der Waals surface area contributed by atoms with Crippen molar-refractivity contribution in [2.45, 2.75) is 76.5 Å². The molecule has 7 nitrogen and oxygen atoms in total. The molecule has 2 atom stereocenters. The van der Waals surface area contributed by atoms with E-state index in [1.165, 1.54) is 0 Å². The number of carbonyl (C=O) groups excluding carboxylic acids is 1. The van der Waals surface area contributed by atoms with Gasteiger partial charge in [0, 0.05) is 40.0 Å². The van der Waals surface area contributed by atoms with Crippen LogP contribution in [0.5, 0.6) is 0 Å². The Morgan fingerprint density at radius 1 is 0.862 bits per heavy atom. The third-order valence-corrected chi connectivity index (χ3v) is 17.4. The number of rotatable bonds is 11. The molecular formula is C46H48F3N3O4SSi. The highest BCUT2D eigenvalue weighted by molar-refractivity contribution is 7.90. The second kappa shape index (κ2) is 16.1. The average Bonchev–Trinajstić information content (AvgIpc) is 3.79. The van der Waals surface area contributed by atoms with Crippen LogP contribution >= 0.6 is 0 Å². The summed E-state index contributed by atoms with van der Waals surface area (Å²) in [6.07, 6.45) is -4.18. The maximum atomic E-state index is 14.5. The van der Waals surface area contributed by atoms with Gasteiger partial charge >= 0.3 is 6.18 Å². The monoisotopic (exact) mass is 823 g/mol. The number of amides is 1. The number of alkyl halides is 3. The Morgan fingerprint density at radius 3 is 2.09 bits per heavy atom. The maximum absolute atomic E-state index is 14.5. The van der Waals surface area contributed by atoms with Crippen LogP contribution < -0.4 is 15.7 Å². The molecule has 0 radical (unpaired) electrons. The van der Waals surface area contributed by atoms with Crippen molar-refractivity contribution in [1.82, 2.24) is 14.6 Å². The fourth-order valence-corrected chi connectivity index (χ4v) is 14.0. The van der Waals surface area contributed by atoms with Crippen molar-refractivity contribution >= 4 is 46.9 Å². The van der Waals surface area contributed by atoms with E-state index in [4.69, 9.17) is 13.8 Å². The van der Waals surface area contributed by atoms with Crippen molar-refractivity contribution in [2.75, 3.05) is 13.2 Å². The average molecular weight is 824 g/mol. The number of nitrogens with one attached hydrogen (secondary N) is 1. The molecule has 0 aliphatic carbocycles. The predicted octanol–water partition coefficient (Wildman–Crippen LogP) is 9.74. The number of fused-ring (bicyclic) bond motifs is 2. The number of pyridine rings is 1. The van der Waals surface area contributed by atoms with Gasteiger partial charge in [-0.2, -0.15) is 13.2 Å². The summed E-state index contributed by atoms with van der Waals surface area (Å²) in [5, 5.41) is 4.92. The molecule has 0 bridgehead atoms. The van der Waals surface area contributed by atoms with E-state index < -0.39 is 49.1 Å². The van der Waals surface area contributed by atoms with Gasteiger partial charge in [-0.25, -0.2) is 4.98 Å². The summed E-state index contributed by atoms with van der Waals surface area (Å²) in [5.74, 6) is -0.318. The zero-order valence-electron chi connectivity index (χ0n) is 33.5. The van der Waals surface area contributed by atoms with Crippen molar-refractivity contribution in [3.05, 3.63) is 138 Å². The van der Waals surface area contributed by atoms with E-state index in [1.807, 2.05) is 121 Å². The molecule has 2 aromatic heterocycles. The summed E-state index contributed by atoms with van der Waals surface area (Å²) in [5.41, 5.74) is 3.83. The van der Waals surface area contributed by atoms with Crippen LogP contribution in [0.2, 0.25) is 5.04 Å². The topological polar surface area (TPSA) is 90.7 Å². The summed E-state index contributed by atoms with van der Waals surface area (Å²) in [6.45, 7) is 11.4. The van der Waals surface area contributed by atoms with Crippen molar-refractivity contribution < 1.29 is 31.4 Å². The molecule has 3 heterocycles. The summed E-state index contributed by atoms with van der Waals surface area (Å²) >= 11 is -1.53. The minimum absolute atomic E-state index is 0.155. The van der Waals surface area contributed by atoms with Gasteiger partial charge in [-0.1, -0.05) is 118 Å². The second-order valence-corrected chi connectivity index (χ2v) is 23.2. The largest absolute Gasteiger partial charge is 0.597 e. The normalized spacial score (nSPS) is 15.7. The van der Waals surface area contributed by atoms with Crippen LogP contribution in [0.25, 0.3) is 33.6 Å². The van der Waals surface area contributed by atoms with Gasteiger partial charge in [0.1, 0.15) is 28.3 Å². The van der Waals surface area contributed by atoms with Gasteiger partial charge in [0.15, 0.2) is 0 Å². The van der Waals surface area contributed by atoms with Crippen LogP contribution in [0.3, 0.4) is 0 Å². The quantitative estimate of drug-likeness (QED) is 0.103. The zero-order valence-corrected chi connectivity index (χ0v) is 35.3. The molecule has 6 aromatic rings. The first-order valence-electron chi connectivity index (χ1n) is 19.4. The van der Waals surface area contributed by atoms with Crippen LogP contribution in [-0.4, -0.2) is 52.1 Å². The lowest BCUT2D eigenvalue weighted by Crippen LogP contribution is -2.66. The van der Waals surface area contributed by atoms with Gasteiger partial charge in [0.2, 0.25) is 0 Å². The Morgan fingerprint density at radius 2 is 1.48 bits per heavy atom. The van der Waals surface area contributed by atoms with Gasteiger partial charge < -0.3 is 18.7 Å². The zero-order chi connectivity index (χ0) is 41.5. The first-order chi connectivity index (χ1) is 27.5. The van der Waals surface area contributed by atoms with Crippen LogP contribution in [0.15, 0.2) is 126 Å². The summed E-state index contributed by atoms with van der Waals surface area (Å²) in [4.78, 5) is 18.2. The van der Waals surface area contributed by atoms with Crippen molar-refractivity contribution in [3.8, 4) is 22.6 Å². The number of para-hydroxylation sites is 1. The Labute approximate surface area is 342 Å². The highest BCUT2D eigenvalue weighted by Gasteiger charge is 2.51. The number of halogens is 3. The van der Waals surface area contributed by atoms with Gasteiger partial charge in [-0.05, 0) is 72.4 Å². The molecule has 4 aromatic carbocycles. The molecule has 1 unspecified atom stereocenters. The maximum Gasteiger partial charge on any atom is 0.405 e. The minimum atomic E-state index is -4.60. The Kier molecular flexibility index (Phi) is 11.5. The van der Waals surface area contributed by atoms with E-state index in [0.717, 1.165) is 32.5 Å². The minimum Gasteiger partial charge on any atom is -0.597 e. The lowest BCUT2D eigenvalue weighted by atomic mass is 9.95. The molecule has 12 heteroatoms. The smallest absolute Gasteiger partial charge is 0.405 e. The number of benzene rings is 4. The van der Waals surface area contributed by atoms with Crippen molar-refractivity contribution in [2.24, 2.45) is 0 Å². The predicted molar refractivity (Wildman–Crippen MR) is 228 cm³/mol. The number of nitrogens with zero attached hydrogens (tertiary/aromatic N) is 2. The molecule has 1 amide bonds. The number of furan rings is 1. The number of hydrogen-bond donors (Lipinski definition) is 1. The molecule has 1 aliphatic rings. The molecule has 58 heavy (non-hydrogen) atoms. The van der Waals surface area contributed by atoms with E-state index in [-0.39, 0.29) is 17.3 Å². The summed E-state index contributed by atoms with van der Waals surface area (Å²) < 4.78 is 69.1. The summed E-state index contributed by atoms with van der Waals surface area (Å²) in [6, 6.07) is 39.0. The number of aromatic nitrogens is 1. The molecule has 0 saturated heterocycles.